The molecule has 3 rings (SSSR count). The zero-order valence-electron chi connectivity index (χ0n) is 14.3. The molecule has 2 heterocycles. The Kier molecular flexibility index (Phi) is 5.22. The molecule has 2 aromatic heterocycles. The Balaban J connectivity index is 1.70. The van der Waals surface area contributed by atoms with Gasteiger partial charge in [0.25, 0.3) is 5.91 Å². The van der Waals surface area contributed by atoms with Crippen molar-refractivity contribution in [2.24, 2.45) is 0 Å². The predicted octanol–water partition coefficient (Wildman–Crippen LogP) is 2.55. The molecule has 134 valence electrons. The summed E-state index contributed by atoms with van der Waals surface area (Å²) in [6.45, 7) is 4.08. The second-order valence-corrected chi connectivity index (χ2v) is 6.69. The molecule has 3 aromatic rings. The van der Waals surface area contributed by atoms with Crippen molar-refractivity contribution >= 4 is 17.2 Å². The topological polar surface area (TPSA) is 76.9 Å². The van der Waals surface area contributed by atoms with Crippen molar-refractivity contribution in [1.29, 1.82) is 0 Å². The molecule has 0 radical (unpaired) electrons. The van der Waals surface area contributed by atoms with Crippen LogP contribution in [0.1, 0.15) is 21.7 Å². The fourth-order valence-corrected chi connectivity index (χ4v) is 3.27. The standard InChI is InChI=1S/C18H17FN4O2S/c1-11-7-12(2)23(18(25)22-11)5-3-20-16(24)13-8-14(10-15(19)9-13)17-21-4-6-26-17/h4,6-10H,3,5H2,1-2H3,(H,20,24). The summed E-state index contributed by atoms with van der Waals surface area (Å²) in [6.07, 6.45) is 1.63. The van der Waals surface area contributed by atoms with Gasteiger partial charge in [-0.2, -0.15) is 4.98 Å². The highest BCUT2D eigenvalue weighted by molar-refractivity contribution is 7.13. The molecule has 0 atom stereocenters. The first-order valence-electron chi connectivity index (χ1n) is 7.98. The van der Waals surface area contributed by atoms with Gasteiger partial charge in [0, 0.05) is 47.2 Å². The van der Waals surface area contributed by atoms with E-state index in [1.54, 1.807) is 30.6 Å². The molecule has 1 N–H and O–H groups in total. The van der Waals surface area contributed by atoms with Gasteiger partial charge in [-0.15, -0.1) is 11.3 Å². The molecule has 0 aliphatic carbocycles. The molecule has 0 unspecified atom stereocenters. The van der Waals surface area contributed by atoms with Gasteiger partial charge in [-0.05, 0) is 38.1 Å². The maximum atomic E-state index is 13.9. The quantitative estimate of drug-likeness (QED) is 0.747. The van der Waals surface area contributed by atoms with Crippen LogP contribution in [0.15, 0.2) is 40.6 Å². The van der Waals surface area contributed by atoms with E-state index in [4.69, 9.17) is 0 Å². The van der Waals surface area contributed by atoms with Crippen LogP contribution in [0.25, 0.3) is 10.6 Å². The highest BCUT2D eigenvalue weighted by Gasteiger charge is 2.11. The van der Waals surface area contributed by atoms with Crippen molar-refractivity contribution in [3.8, 4) is 10.6 Å². The molecule has 26 heavy (non-hydrogen) atoms. The summed E-state index contributed by atoms with van der Waals surface area (Å²) < 4.78 is 15.3. The number of nitrogens with one attached hydrogen (secondary N) is 1. The van der Waals surface area contributed by atoms with Crippen LogP contribution in [-0.2, 0) is 6.54 Å². The van der Waals surface area contributed by atoms with Crippen molar-refractivity contribution in [2.75, 3.05) is 6.54 Å². The van der Waals surface area contributed by atoms with E-state index < -0.39 is 11.7 Å². The van der Waals surface area contributed by atoms with Crippen LogP contribution < -0.4 is 11.0 Å². The predicted molar refractivity (Wildman–Crippen MR) is 97.8 cm³/mol. The average molecular weight is 372 g/mol. The third kappa shape index (κ3) is 4.02. The van der Waals surface area contributed by atoms with Crippen LogP contribution >= 0.6 is 11.3 Å². The van der Waals surface area contributed by atoms with Gasteiger partial charge in [0.2, 0.25) is 0 Å². The van der Waals surface area contributed by atoms with Crippen LogP contribution in [0.3, 0.4) is 0 Å². The zero-order valence-corrected chi connectivity index (χ0v) is 15.1. The first-order chi connectivity index (χ1) is 12.4. The number of carbonyl (C=O) groups is 1. The Bertz CT molecular complexity index is 999. The number of carbonyl (C=O) groups excluding carboxylic acids is 1. The summed E-state index contributed by atoms with van der Waals surface area (Å²) in [5, 5.41) is 5.14. The number of amides is 1. The van der Waals surface area contributed by atoms with Crippen LogP contribution in [0.5, 0.6) is 0 Å². The lowest BCUT2D eigenvalue weighted by atomic mass is 10.1. The van der Waals surface area contributed by atoms with E-state index in [2.05, 4.69) is 15.3 Å². The molecule has 0 spiro atoms. The summed E-state index contributed by atoms with van der Waals surface area (Å²) in [4.78, 5) is 32.3. The summed E-state index contributed by atoms with van der Waals surface area (Å²) in [5.74, 6) is -0.911. The first kappa shape index (κ1) is 17.9. The number of halogens is 1. The number of hydrogen-bond acceptors (Lipinski definition) is 5. The smallest absolute Gasteiger partial charge is 0.348 e. The van der Waals surface area contributed by atoms with Gasteiger partial charge in [-0.25, -0.2) is 14.2 Å². The van der Waals surface area contributed by atoms with Gasteiger partial charge in [0.1, 0.15) is 10.8 Å². The number of thiazole rings is 1. The highest BCUT2D eigenvalue weighted by atomic mass is 32.1. The Morgan fingerprint density at radius 1 is 1.27 bits per heavy atom. The summed E-state index contributed by atoms with van der Waals surface area (Å²) in [7, 11) is 0. The minimum Gasteiger partial charge on any atom is -0.350 e. The Hall–Kier alpha value is -2.87. The lowest BCUT2D eigenvalue weighted by molar-refractivity contribution is 0.0951. The van der Waals surface area contributed by atoms with Crippen LogP contribution in [0, 0.1) is 19.7 Å². The molecule has 0 saturated carbocycles. The van der Waals surface area contributed by atoms with Gasteiger partial charge in [-0.1, -0.05) is 0 Å². The summed E-state index contributed by atoms with van der Waals surface area (Å²) in [6, 6.07) is 5.92. The van der Waals surface area contributed by atoms with Crippen molar-refractivity contribution in [3.63, 3.8) is 0 Å². The molecule has 0 aliphatic rings. The number of benzene rings is 1. The molecule has 0 fully saturated rings. The fraction of sp³-hybridized carbons (Fsp3) is 0.222. The van der Waals surface area contributed by atoms with Gasteiger partial charge in [0.15, 0.2) is 0 Å². The second-order valence-electron chi connectivity index (χ2n) is 5.79. The Morgan fingerprint density at radius 3 is 2.77 bits per heavy atom. The lowest BCUT2D eigenvalue weighted by Crippen LogP contribution is -2.33. The third-order valence-corrected chi connectivity index (χ3v) is 4.63. The lowest BCUT2D eigenvalue weighted by Gasteiger charge is -2.11. The Labute approximate surface area is 153 Å². The average Bonchev–Trinajstić information content (AvgIpc) is 3.11. The number of aromatic nitrogens is 3. The second kappa shape index (κ2) is 7.57. The van der Waals surface area contributed by atoms with E-state index in [0.717, 1.165) is 5.69 Å². The van der Waals surface area contributed by atoms with E-state index in [-0.39, 0.29) is 17.8 Å². The number of rotatable bonds is 5. The third-order valence-electron chi connectivity index (χ3n) is 3.81. The van der Waals surface area contributed by atoms with E-state index in [1.165, 1.54) is 28.0 Å². The molecule has 0 aliphatic heterocycles. The molecule has 0 bridgehead atoms. The van der Waals surface area contributed by atoms with Crippen molar-refractivity contribution in [3.05, 3.63) is 69.1 Å². The number of hydrogen-bond donors (Lipinski definition) is 1. The minimum atomic E-state index is -0.502. The molecular weight excluding hydrogens is 355 g/mol. The van der Waals surface area contributed by atoms with Gasteiger partial charge in [-0.3, -0.25) is 9.36 Å². The highest BCUT2D eigenvalue weighted by Crippen LogP contribution is 2.23. The van der Waals surface area contributed by atoms with E-state index in [0.29, 0.717) is 22.8 Å². The largest absolute Gasteiger partial charge is 0.350 e. The van der Waals surface area contributed by atoms with Crippen molar-refractivity contribution < 1.29 is 9.18 Å². The van der Waals surface area contributed by atoms with Gasteiger partial charge in [0.05, 0.1) is 0 Å². The summed E-state index contributed by atoms with van der Waals surface area (Å²) >= 11 is 1.37. The number of nitrogens with zero attached hydrogens (tertiary/aromatic N) is 3. The maximum Gasteiger partial charge on any atom is 0.348 e. The number of aryl methyl sites for hydroxylation is 2. The van der Waals surface area contributed by atoms with Crippen LogP contribution in [-0.4, -0.2) is 27.0 Å². The SMILES string of the molecule is Cc1cc(C)n(CCNC(=O)c2cc(F)cc(-c3nccs3)c2)c(=O)n1. The van der Waals surface area contributed by atoms with Gasteiger partial charge >= 0.3 is 5.69 Å². The van der Waals surface area contributed by atoms with Crippen molar-refractivity contribution in [2.45, 2.75) is 20.4 Å². The summed E-state index contributed by atoms with van der Waals surface area (Å²) in [5.41, 5.74) is 1.84. The maximum absolute atomic E-state index is 13.9. The Morgan fingerprint density at radius 2 is 2.08 bits per heavy atom. The van der Waals surface area contributed by atoms with E-state index in [9.17, 15) is 14.0 Å². The minimum absolute atomic E-state index is 0.210. The first-order valence-corrected chi connectivity index (χ1v) is 8.86. The van der Waals surface area contributed by atoms with Crippen LogP contribution in [0.2, 0.25) is 0 Å². The van der Waals surface area contributed by atoms with Gasteiger partial charge < -0.3 is 5.32 Å². The normalized spacial score (nSPS) is 10.7. The molecular formula is C18H17FN4O2S. The van der Waals surface area contributed by atoms with E-state index in [1.807, 2.05) is 6.92 Å². The molecule has 8 heteroatoms. The molecule has 1 amide bonds. The molecule has 6 nitrogen and oxygen atoms in total. The van der Waals surface area contributed by atoms with Crippen molar-refractivity contribution in [1.82, 2.24) is 19.9 Å². The molecule has 0 saturated heterocycles. The monoisotopic (exact) mass is 372 g/mol. The fourth-order valence-electron chi connectivity index (χ4n) is 2.64. The van der Waals surface area contributed by atoms with Crippen LogP contribution in [0.4, 0.5) is 4.39 Å². The molecule has 1 aromatic carbocycles. The van der Waals surface area contributed by atoms with E-state index >= 15 is 0 Å². The zero-order chi connectivity index (χ0) is 18.7.